The van der Waals surface area contributed by atoms with Crippen LogP contribution in [-0.2, 0) is 11.4 Å². The fourth-order valence-electron chi connectivity index (χ4n) is 5.22. The van der Waals surface area contributed by atoms with E-state index < -0.39 is 5.91 Å². The number of likely N-dealkylation sites (N-methyl/N-ethyl adjacent to an activating group) is 1. The number of para-hydroxylation sites is 1. The summed E-state index contributed by atoms with van der Waals surface area (Å²) < 4.78 is 11.8. The molecule has 4 rings (SSSR count). The Bertz CT molecular complexity index is 1500. The first-order valence-electron chi connectivity index (χ1n) is 16.3. The number of nitrogens with zero attached hydrogens (tertiary/aromatic N) is 2. The second-order valence-corrected chi connectivity index (χ2v) is 11.8. The number of carbonyl (C=O) groups excluding carboxylic acids is 3. The number of unbranched alkanes of at least 4 members (excludes halogenated alkanes) is 2. The number of carbonyl (C=O) groups is 3. The van der Waals surface area contributed by atoms with Gasteiger partial charge in [-0.15, -0.1) is 0 Å². The molecule has 3 amide bonds. The van der Waals surface area contributed by atoms with Gasteiger partial charge in [0.25, 0.3) is 11.8 Å². The first kappa shape index (κ1) is 35.4. The molecule has 47 heavy (non-hydrogen) atoms. The second kappa shape index (κ2) is 18.0. The largest absolute Gasteiger partial charge is 0.493 e. The average Bonchev–Trinajstić information content (AvgIpc) is 3.08. The third-order valence-corrected chi connectivity index (χ3v) is 8.06. The molecule has 3 aromatic carbocycles. The molecule has 0 atom stereocenters. The van der Waals surface area contributed by atoms with E-state index in [1.54, 1.807) is 48.5 Å². The van der Waals surface area contributed by atoms with Gasteiger partial charge in [0.05, 0.1) is 31.1 Å². The van der Waals surface area contributed by atoms with Gasteiger partial charge in [0.2, 0.25) is 5.91 Å². The van der Waals surface area contributed by atoms with Crippen LogP contribution in [-0.4, -0.2) is 85.6 Å². The zero-order valence-electron chi connectivity index (χ0n) is 27.4. The zero-order valence-corrected chi connectivity index (χ0v) is 27.4. The van der Waals surface area contributed by atoms with Gasteiger partial charge >= 0.3 is 0 Å². The maximum absolute atomic E-state index is 13.3. The minimum Gasteiger partial charge on any atom is -0.493 e. The predicted molar refractivity (Wildman–Crippen MR) is 183 cm³/mol. The number of nitrogens with two attached hydrogens (primary N) is 1. The Morgan fingerprint density at radius 2 is 1.51 bits per heavy atom. The van der Waals surface area contributed by atoms with E-state index in [4.69, 9.17) is 15.2 Å². The van der Waals surface area contributed by atoms with E-state index in [-0.39, 0.29) is 18.4 Å². The van der Waals surface area contributed by atoms with Gasteiger partial charge in [-0.25, -0.2) is 0 Å². The fraction of sp³-hybridized carbons (Fsp3) is 0.417. The van der Waals surface area contributed by atoms with Gasteiger partial charge < -0.3 is 40.7 Å². The number of aliphatic hydroxyl groups is 1. The van der Waals surface area contributed by atoms with Crippen LogP contribution in [0.5, 0.6) is 11.5 Å². The number of aryl methyl sites for hydroxylation is 1. The van der Waals surface area contributed by atoms with E-state index in [1.165, 1.54) is 0 Å². The van der Waals surface area contributed by atoms with E-state index in [1.807, 2.05) is 24.0 Å². The van der Waals surface area contributed by atoms with Crippen LogP contribution in [0.15, 0.2) is 60.7 Å². The van der Waals surface area contributed by atoms with Crippen molar-refractivity contribution in [2.24, 2.45) is 5.73 Å². The molecular weight excluding hydrogens is 598 g/mol. The molecule has 1 saturated heterocycles. The summed E-state index contributed by atoms with van der Waals surface area (Å²) in [5.41, 5.74) is 8.50. The van der Waals surface area contributed by atoms with Crippen LogP contribution in [0, 0.1) is 6.92 Å². The van der Waals surface area contributed by atoms with Crippen LogP contribution >= 0.6 is 0 Å². The van der Waals surface area contributed by atoms with Gasteiger partial charge in [0.15, 0.2) is 0 Å². The smallest absolute Gasteiger partial charge is 0.259 e. The van der Waals surface area contributed by atoms with Crippen molar-refractivity contribution in [2.45, 2.75) is 45.6 Å². The Kier molecular flexibility index (Phi) is 13.6. The second-order valence-electron chi connectivity index (χ2n) is 11.8. The van der Waals surface area contributed by atoms with Crippen LogP contribution in [0.2, 0.25) is 0 Å². The predicted octanol–water partition coefficient (Wildman–Crippen LogP) is 4.43. The van der Waals surface area contributed by atoms with Crippen LogP contribution in [0.25, 0.3) is 0 Å². The molecule has 11 nitrogen and oxygen atoms in total. The van der Waals surface area contributed by atoms with E-state index in [0.29, 0.717) is 72.2 Å². The number of ether oxygens (including phenoxy) is 2. The molecule has 0 bridgehead atoms. The van der Waals surface area contributed by atoms with Crippen LogP contribution < -0.4 is 25.8 Å². The highest BCUT2D eigenvalue weighted by Crippen LogP contribution is 2.28. The molecule has 11 heteroatoms. The van der Waals surface area contributed by atoms with Gasteiger partial charge in [0, 0.05) is 49.4 Å². The molecule has 0 radical (unpaired) electrons. The summed E-state index contributed by atoms with van der Waals surface area (Å²) in [5.74, 6) is 0.435. The molecule has 0 unspecified atom stereocenters. The van der Waals surface area contributed by atoms with Crippen molar-refractivity contribution in [1.82, 2.24) is 9.80 Å². The SMILES string of the molecule is Cc1ccc(NC(=O)c2ccc(NC(=O)c3ccccc3OCCCN)c(CO)c2)c(OCCCCCC(=O)N2CCN(C)CC2)c1. The number of amides is 3. The number of benzene rings is 3. The lowest BCUT2D eigenvalue weighted by Gasteiger charge is -2.32. The molecule has 1 heterocycles. The summed E-state index contributed by atoms with van der Waals surface area (Å²) in [7, 11) is 2.07. The third kappa shape index (κ3) is 10.5. The van der Waals surface area contributed by atoms with Crippen molar-refractivity contribution in [3.63, 3.8) is 0 Å². The van der Waals surface area contributed by atoms with E-state index in [9.17, 15) is 19.5 Å². The Morgan fingerprint density at radius 3 is 2.28 bits per heavy atom. The molecule has 1 fully saturated rings. The highest BCUT2D eigenvalue weighted by Gasteiger charge is 2.19. The number of aliphatic hydroxyl groups excluding tert-OH is 1. The van der Waals surface area contributed by atoms with Crippen molar-refractivity contribution in [3.05, 3.63) is 82.9 Å². The Balaban J connectivity index is 1.31. The molecule has 1 aliphatic rings. The van der Waals surface area contributed by atoms with E-state index in [0.717, 1.165) is 51.0 Å². The summed E-state index contributed by atoms with van der Waals surface area (Å²) in [6, 6.07) is 17.2. The molecule has 3 aromatic rings. The quantitative estimate of drug-likeness (QED) is 0.167. The molecule has 0 aromatic heterocycles. The molecule has 0 spiro atoms. The maximum atomic E-state index is 13.3. The van der Waals surface area contributed by atoms with Crippen molar-refractivity contribution in [2.75, 3.05) is 63.6 Å². The van der Waals surface area contributed by atoms with Gasteiger partial charge in [0.1, 0.15) is 11.5 Å². The first-order valence-corrected chi connectivity index (χ1v) is 16.3. The number of anilines is 2. The standard InChI is InChI=1S/C36H47N5O6/c1-26-12-14-31(33(23-26)47-21-7-3-4-11-34(43)41-19-17-40(2)18-20-41)39-35(44)27-13-15-30(28(24-27)25-42)38-36(45)29-9-5-6-10-32(29)46-22-8-16-37/h5-6,9-10,12-15,23-24,42H,3-4,7-8,11,16-22,25,37H2,1-2H3,(H,38,45)(H,39,44). The van der Waals surface area contributed by atoms with E-state index in [2.05, 4.69) is 22.6 Å². The molecule has 1 aliphatic heterocycles. The minimum absolute atomic E-state index is 0.219. The van der Waals surface area contributed by atoms with Crippen LogP contribution in [0.3, 0.4) is 0 Å². The normalized spacial score (nSPS) is 13.2. The summed E-state index contributed by atoms with van der Waals surface area (Å²) >= 11 is 0. The van der Waals surface area contributed by atoms with Gasteiger partial charge in [-0.05, 0) is 94.2 Å². The van der Waals surface area contributed by atoms with Crippen molar-refractivity contribution in [1.29, 1.82) is 0 Å². The van der Waals surface area contributed by atoms with Crippen molar-refractivity contribution < 1.29 is 29.0 Å². The minimum atomic E-state index is -0.400. The molecule has 5 N–H and O–H groups in total. The molecule has 252 valence electrons. The van der Waals surface area contributed by atoms with Crippen molar-refractivity contribution in [3.8, 4) is 11.5 Å². The fourth-order valence-corrected chi connectivity index (χ4v) is 5.22. The highest BCUT2D eigenvalue weighted by molar-refractivity contribution is 6.08. The maximum Gasteiger partial charge on any atom is 0.259 e. The molecule has 0 aliphatic carbocycles. The lowest BCUT2D eigenvalue weighted by molar-refractivity contribution is -0.132. The lowest BCUT2D eigenvalue weighted by Crippen LogP contribution is -2.47. The molecular formula is C36H47N5O6. The number of rotatable bonds is 16. The Hall–Kier alpha value is -4.45. The number of nitrogens with one attached hydrogen (secondary N) is 2. The summed E-state index contributed by atoms with van der Waals surface area (Å²) in [4.78, 5) is 43.0. The Labute approximate surface area is 277 Å². The average molecular weight is 646 g/mol. The third-order valence-electron chi connectivity index (χ3n) is 8.06. The van der Waals surface area contributed by atoms with Crippen LogP contribution in [0.1, 0.15) is 63.9 Å². The topological polar surface area (TPSA) is 146 Å². The lowest BCUT2D eigenvalue weighted by atomic mass is 10.1. The first-order chi connectivity index (χ1) is 22.8. The number of hydrogen-bond donors (Lipinski definition) is 4. The summed E-state index contributed by atoms with van der Waals surface area (Å²) in [6.45, 7) is 6.33. The van der Waals surface area contributed by atoms with Crippen LogP contribution in [0.4, 0.5) is 11.4 Å². The monoisotopic (exact) mass is 645 g/mol. The highest BCUT2D eigenvalue weighted by atomic mass is 16.5. The van der Waals surface area contributed by atoms with Gasteiger partial charge in [-0.1, -0.05) is 18.2 Å². The van der Waals surface area contributed by atoms with Gasteiger partial charge in [-0.2, -0.15) is 0 Å². The van der Waals surface area contributed by atoms with Gasteiger partial charge in [-0.3, -0.25) is 14.4 Å². The van der Waals surface area contributed by atoms with Crippen molar-refractivity contribution >= 4 is 29.1 Å². The molecule has 0 saturated carbocycles. The zero-order chi connectivity index (χ0) is 33.6. The van der Waals surface area contributed by atoms with E-state index >= 15 is 0 Å². The number of piperazine rings is 1. The number of hydrogen-bond acceptors (Lipinski definition) is 8. The Morgan fingerprint density at radius 1 is 0.809 bits per heavy atom. The summed E-state index contributed by atoms with van der Waals surface area (Å²) in [6.07, 6.45) is 3.67. The summed E-state index contributed by atoms with van der Waals surface area (Å²) in [5, 5.41) is 15.8.